The van der Waals surface area contributed by atoms with Gasteiger partial charge >= 0.3 is 0 Å². The maximum Gasteiger partial charge on any atom is 0.281 e. The van der Waals surface area contributed by atoms with Crippen LogP contribution in [0, 0.1) is 13.8 Å². The standard InChI is InChI=1S/C20H23ClN2O4/c1-13-5-8-17(11-14(13)2)26-12-18(24)22-23-19(25)20(3,4)27-16-9-6-15(21)7-10-16/h5-11H,12H2,1-4H3,(H,22,24)(H,23,25). The summed E-state index contributed by atoms with van der Waals surface area (Å²) in [4.78, 5) is 24.2. The zero-order valence-electron chi connectivity index (χ0n) is 15.8. The molecule has 0 aliphatic heterocycles. The van der Waals surface area contributed by atoms with Gasteiger partial charge in [0.25, 0.3) is 11.8 Å². The third-order valence-electron chi connectivity index (χ3n) is 3.90. The zero-order valence-corrected chi connectivity index (χ0v) is 16.5. The summed E-state index contributed by atoms with van der Waals surface area (Å²) in [5, 5.41) is 0.570. The molecule has 0 heterocycles. The summed E-state index contributed by atoms with van der Waals surface area (Å²) in [5.74, 6) is 0.0933. The molecule has 7 heteroatoms. The highest BCUT2D eigenvalue weighted by molar-refractivity contribution is 6.30. The predicted octanol–water partition coefficient (Wildman–Crippen LogP) is 3.34. The zero-order chi connectivity index (χ0) is 20.0. The van der Waals surface area contributed by atoms with Gasteiger partial charge in [-0.05, 0) is 75.2 Å². The number of benzene rings is 2. The van der Waals surface area contributed by atoms with Gasteiger partial charge in [0.15, 0.2) is 12.2 Å². The highest BCUT2D eigenvalue weighted by Gasteiger charge is 2.30. The molecule has 0 unspecified atom stereocenters. The van der Waals surface area contributed by atoms with E-state index in [0.29, 0.717) is 16.5 Å². The molecule has 2 rings (SSSR count). The van der Waals surface area contributed by atoms with E-state index >= 15 is 0 Å². The summed E-state index contributed by atoms with van der Waals surface area (Å²) in [6, 6.07) is 12.2. The van der Waals surface area contributed by atoms with Crippen molar-refractivity contribution >= 4 is 23.4 Å². The summed E-state index contributed by atoms with van der Waals surface area (Å²) in [6.07, 6.45) is 0. The normalized spacial score (nSPS) is 10.9. The van der Waals surface area contributed by atoms with Crippen LogP contribution < -0.4 is 20.3 Å². The molecule has 0 spiro atoms. The molecule has 0 atom stereocenters. The lowest BCUT2D eigenvalue weighted by Gasteiger charge is -2.25. The first kappa shape index (κ1) is 20.6. The van der Waals surface area contributed by atoms with Gasteiger partial charge in [-0.1, -0.05) is 17.7 Å². The van der Waals surface area contributed by atoms with Gasteiger partial charge in [0.2, 0.25) is 0 Å². The average Bonchev–Trinajstić information content (AvgIpc) is 2.62. The molecule has 0 aliphatic carbocycles. The number of rotatable bonds is 6. The van der Waals surface area contributed by atoms with Crippen LogP contribution in [-0.4, -0.2) is 24.0 Å². The fourth-order valence-corrected chi connectivity index (χ4v) is 2.24. The summed E-state index contributed by atoms with van der Waals surface area (Å²) < 4.78 is 11.1. The number of hydrazine groups is 1. The Morgan fingerprint density at radius 1 is 0.963 bits per heavy atom. The Bertz CT molecular complexity index is 819. The first-order valence-corrected chi connectivity index (χ1v) is 8.79. The van der Waals surface area contributed by atoms with Gasteiger partial charge < -0.3 is 9.47 Å². The van der Waals surface area contributed by atoms with E-state index in [0.717, 1.165) is 11.1 Å². The Hall–Kier alpha value is -2.73. The van der Waals surface area contributed by atoms with Crippen molar-refractivity contribution in [2.45, 2.75) is 33.3 Å². The van der Waals surface area contributed by atoms with Gasteiger partial charge in [-0.15, -0.1) is 0 Å². The molecule has 27 heavy (non-hydrogen) atoms. The first-order valence-electron chi connectivity index (χ1n) is 8.41. The van der Waals surface area contributed by atoms with Crippen molar-refractivity contribution in [1.29, 1.82) is 0 Å². The number of hydrogen-bond acceptors (Lipinski definition) is 4. The van der Waals surface area contributed by atoms with Gasteiger partial charge in [0.05, 0.1) is 0 Å². The molecule has 2 aromatic rings. The van der Waals surface area contributed by atoms with Crippen molar-refractivity contribution in [2.24, 2.45) is 0 Å². The van der Waals surface area contributed by atoms with Crippen LogP contribution in [0.2, 0.25) is 5.02 Å². The minimum absolute atomic E-state index is 0.221. The molecule has 0 saturated carbocycles. The molecule has 2 amide bonds. The van der Waals surface area contributed by atoms with E-state index in [1.165, 1.54) is 0 Å². The molecule has 144 valence electrons. The van der Waals surface area contributed by atoms with Gasteiger partial charge in [0, 0.05) is 5.02 Å². The van der Waals surface area contributed by atoms with Crippen LogP contribution in [0.15, 0.2) is 42.5 Å². The molecule has 6 nitrogen and oxygen atoms in total. The second kappa shape index (κ2) is 8.77. The second-order valence-electron chi connectivity index (χ2n) is 6.60. The molecule has 2 N–H and O–H groups in total. The Kier molecular flexibility index (Phi) is 6.69. The van der Waals surface area contributed by atoms with E-state index in [2.05, 4.69) is 10.9 Å². The SMILES string of the molecule is Cc1ccc(OCC(=O)NNC(=O)C(C)(C)Oc2ccc(Cl)cc2)cc1C. The van der Waals surface area contributed by atoms with Crippen LogP contribution in [0.25, 0.3) is 0 Å². The molecule has 0 fully saturated rings. The molecular formula is C20H23ClN2O4. The van der Waals surface area contributed by atoms with Gasteiger partial charge in [-0.3, -0.25) is 20.4 Å². The highest BCUT2D eigenvalue weighted by Crippen LogP contribution is 2.21. The van der Waals surface area contributed by atoms with E-state index in [-0.39, 0.29) is 6.61 Å². The quantitative estimate of drug-likeness (QED) is 0.741. The summed E-state index contributed by atoms with van der Waals surface area (Å²) in [7, 11) is 0. The van der Waals surface area contributed by atoms with Crippen LogP contribution in [0.5, 0.6) is 11.5 Å². The lowest BCUT2D eigenvalue weighted by molar-refractivity contribution is -0.138. The number of amides is 2. The number of carbonyl (C=O) groups excluding carboxylic acids is 2. The maximum atomic E-state index is 12.3. The fourth-order valence-electron chi connectivity index (χ4n) is 2.11. The van der Waals surface area contributed by atoms with E-state index in [1.807, 2.05) is 26.0 Å². The van der Waals surface area contributed by atoms with Crippen molar-refractivity contribution in [2.75, 3.05) is 6.61 Å². The Balaban J connectivity index is 1.81. The fraction of sp³-hybridized carbons (Fsp3) is 0.300. The third kappa shape index (κ3) is 6.18. The van der Waals surface area contributed by atoms with Crippen LogP contribution in [0.3, 0.4) is 0 Å². The number of halogens is 1. The lowest BCUT2D eigenvalue weighted by Crippen LogP contribution is -2.53. The number of carbonyl (C=O) groups is 2. The van der Waals surface area contributed by atoms with Crippen molar-refractivity contribution in [1.82, 2.24) is 10.9 Å². The van der Waals surface area contributed by atoms with Crippen LogP contribution in [0.1, 0.15) is 25.0 Å². The molecule has 0 aliphatic rings. The predicted molar refractivity (Wildman–Crippen MR) is 104 cm³/mol. The highest BCUT2D eigenvalue weighted by atomic mass is 35.5. The third-order valence-corrected chi connectivity index (χ3v) is 4.15. The molecule has 2 aromatic carbocycles. The van der Waals surface area contributed by atoms with E-state index < -0.39 is 17.4 Å². The minimum Gasteiger partial charge on any atom is -0.484 e. The largest absolute Gasteiger partial charge is 0.484 e. The molecule has 0 saturated heterocycles. The topological polar surface area (TPSA) is 76.7 Å². The average molecular weight is 391 g/mol. The summed E-state index contributed by atoms with van der Waals surface area (Å²) in [6.45, 7) is 6.92. The molecular weight excluding hydrogens is 368 g/mol. The minimum atomic E-state index is -1.20. The van der Waals surface area contributed by atoms with E-state index in [1.54, 1.807) is 44.2 Å². The van der Waals surface area contributed by atoms with E-state index in [9.17, 15) is 9.59 Å². The Labute approximate surface area is 163 Å². The molecule has 0 bridgehead atoms. The summed E-state index contributed by atoms with van der Waals surface area (Å²) in [5.41, 5.74) is 5.67. The lowest BCUT2D eigenvalue weighted by atomic mass is 10.1. The van der Waals surface area contributed by atoms with Gasteiger partial charge in [0.1, 0.15) is 11.5 Å². The Morgan fingerprint density at radius 2 is 1.59 bits per heavy atom. The van der Waals surface area contributed by atoms with Crippen molar-refractivity contribution in [3.63, 3.8) is 0 Å². The molecule has 0 radical (unpaired) electrons. The van der Waals surface area contributed by atoms with E-state index in [4.69, 9.17) is 21.1 Å². The summed E-state index contributed by atoms with van der Waals surface area (Å²) >= 11 is 5.83. The molecule has 0 aromatic heterocycles. The van der Waals surface area contributed by atoms with Crippen molar-refractivity contribution in [3.8, 4) is 11.5 Å². The number of aryl methyl sites for hydroxylation is 2. The van der Waals surface area contributed by atoms with Crippen molar-refractivity contribution in [3.05, 3.63) is 58.6 Å². The first-order chi connectivity index (χ1) is 12.7. The number of nitrogens with one attached hydrogen (secondary N) is 2. The maximum absolute atomic E-state index is 12.3. The van der Waals surface area contributed by atoms with Gasteiger partial charge in [-0.2, -0.15) is 0 Å². The second-order valence-corrected chi connectivity index (χ2v) is 7.04. The Morgan fingerprint density at radius 3 is 2.22 bits per heavy atom. The number of ether oxygens (including phenoxy) is 2. The van der Waals surface area contributed by atoms with Crippen LogP contribution in [0.4, 0.5) is 0 Å². The van der Waals surface area contributed by atoms with Gasteiger partial charge in [-0.25, -0.2) is 0 Å². The monoisotopic (exact) mass is 390 g/mol. The van der Waals surface area contributed by atoms with Crippen LogP contribution in [-0.2, 0) is 9.59 Å². The smallest absolute Gasteiger partial charge is 0.281 e. The number of hydrogen-bond donors (Lipinski definition) is 2. The van der Waals surface area contributed by atoms with Crippen molar-refractivity contribution < 1.29 is 19.1 Å². The van der Waals surface area contributed by atoms with Crippen LogP contribution >= 0.6 is 11.6 Å².